The molecule has 1 N–H and O–H groups in total. The van der Waals surface area contributed by atoms with Crippen molar-refractivity contribution in [1.29, 1.82) is 0 Å². The van der Waals surface area contributed by atoms with Crippen LogP contribution in [-0.4, -0.2) is 59.6 Å². The smallest absolute Gasteiger partial charge is 0.227 e. The maximum absolute atomic E-state index is 13.1. The number of aliphatic hydroxyl groups is 1. The molecule has 28 heavy (non-hydrogen) atoms. The fourth-order valence-electron chi connectivity index (χ4n) is 4.11. The molecule has 2 unspecified atom stereocenters. The summed E-state index contributed by atoms with van der Waals surface area (Å²) in [7, 11) is 1.88. The molecular weight excluding hydrogens is 395 g/mol. The quantitative estimate of drug-likeness (QED) is 0.754. The van der Waals surface area contributed by atoms with E-state index in [1.807, 2.05) is 18.0 Å². The van der Waals surface area contributed by atoms with Crippen LogP contribution in [0.3, 0.4) is 0 Å². The molecule has 1 aliphatic heterocycles. The first-order chi connectivity index (χ1) is 13.3. The number of hydrogen-bond acceptors (Lipinski definition) is 3. The van der Waals surface area contributed by atoms with Crippen LogP contribution in [0.5, 0.6) is 0 Å². The summed E-state index contributed by atoms with van der Waals surface area (Å²) in [6, 6.07) is 5.34. The molecule has 1 heterocycles. The van der Waals surface area contributed by atoms with Gasteiger partial charge in [0.2, 0.25) is 5.91 Å². The van der Waals surface area contributed by atoms with Crippen LogP contribution in [0.2, 0.25) is 10.0 Å². The number of allylic oxidation sites excluding steroid dienone is 3. The molecule has 0 saturated carbocycles. The Hall–Kier alpha value is -1.33. The number of carbonyl (C=O) groups is 1. The highest BCUT2D eigenvalue weighted by Gasteiger charge is 2.38. The first-order valence-corrected chi connectivity index (χ1v) is 10.5. The Labute approximate surface area is 177 Å². The lowest BCUT2D eigenvalue weighted by Gasteiger charge is -2.43. The lowest BCUT2D eigenvalue weighted by atomic mass is 9.76. The van der Waals surface area contributed by atoms with Crippen molar-refractivity contribution in [3.63, 3.8) is 0 Å². The van der Waals surface area contributed by atoms with Crippen LogP contribution in [0.25, 0.3) is 0 Å². The first kappa shape index (κ1) is 21.4. The van der Waals surface area contributed by atoms with Crippen LogP contribution >= 0.6 is 23.2 Å². The number of benzene rings is 1. The largest absolute Gasteiger partial charge is 0.392 e. The Bertz CT molecular complexity index is 780. The number of aliphatic hydroxyl groups excluding tert-OH is 1. The van der Waals surface area contributed by atoms with E-state index >= 15 is 0 Å². The van der Waals surface area contributed by atoms with E-state index in [1.165, 1.54) is 0 Å². The number of nitrogens with zero attached hydrogens (tertiary/aromatic N) is 2. The summed E-state index contributed by atoms with van der Waals surface area (Å²) in [5, 5.41) is 10.9. The van der Waals surface area contributed by atoms with Crippen molar-refractivity contribution in [1.82, 2.24) is 9.80 Å². The molecule has 0 bridgehead atoms. The van der Waals surface area contributed by atoms with E-state index in [-0.39, 0.29) is 29.9 Å². The molecular formula is C22H28Cl2N2O2. The average molecular weight is 423 g/mol. The third-order valence-electron chi connectivity index (χ3n) is 5.92. The molecule has 152 valence electrons. The van der Waals surface area contributed by atoms with Crippen molar-refractivity contribution in [2.45, 2.75) is 38.3 Å². The molecule has 3 rings (SSSR count). The number of amides is 1. The molecule has 4 nitrogen and oxygen atoms in total. The van der Waals surface area contributed by atoms with E-state index in [0.717, 1.165) is 31.5 Å². The van der Waals surface area contributed by atoms with E-state index in [0.29, 0.717) is 16.6 Å². The highest BCUT2D eigenvalue weighted by atomic mass is 35.5. The van der Waals surface area contributed by atoms with Crippen molar-refractivity contribution in [3.05, 3.63) is 58.1 Å². The van der Waals surface area contributed by atoms with Crippen molar-refractivity contribution < 1.29 is 9.90 Å². The van der Waals surface area contributed by atoms with Gasteiger partial charge in [-0.2, -0.15) is 0 Å². The standard InChI is InChI=1S/C22H28Cl2N2O2/c1-22(9-4-3-5-10-22)20(15-26-11-8-17(27)14-26)25(2)21(28)13-16-6-7-18(23)19(24)12-16/h3-7,9,12,17,20,27H,8,10-11,13-15H2,1-2H3/t17?,20-,22?/m1/s1. The maximum atomic E-state index is 13.1. The lowest BCUT2D eigenvalue weighted by molar-refractivity contribution is -0.133. The van der Waals surface area contributed by atoms with E-state index in [9.17, 15) is 9.90 Å². The van der Waals surface area contributed by atoms with Gasteiger partial charge in [0.25, 0.3) is 0 Å². The molecule has 0 spiro atoms. The molecule has 3 atom stereocenters. The molecule has 1 saturated heterocycles. The van der Waals surface area contributed by atoms with E-state index in [1.54, 1.807) is 12.1 Å². The predicted octanol–water partition coefficient (Wildman–Crippen LogP) is 3.95. The number of likely N-dealkylation sites (N-methyl/N-ethyl adjacent to an activating group) is 1. The molecule has 1 fully saturated rings. The molecule has 2 aliphatic rings. The van der Waals surface area contributed by atoms with Gasteiger partial charge < -0.3 is 10.0 Å². The fraction of sp³-hybridized carbons (Fsp3) is 0.500. The van der Waals surface area contributed by atoms with Crippen LogP contribution in [0.1, 0.15) is 25.3 Å². The van der Waals surface area contributed by atoms with Gasteiger partial charge in [-0.1, -0.05) is 60.5 Å². The van der Waals surface area contributed by atoms with Crippen LogP contribution in [0.4, 0.5) is 0 Å². The van der Waals surface area contributed by atoms with Gasteiger partial charge in [-0.05, 0) is 30.5 Å². The van der Waals surface area contributed by atoms with Crippen molar-refractivity contribution in [3.8, 4) is 0 Å². The second kappa shape index (κ2) is 9.00. The van der Waals surface area contributed by atoms with Gasteiger partial charge >= 0.3 is 0 Å². The zero-order valence-electron chi connectivity index (χ0n) is 16.4. The zero-order chi connectivity index (χ0) is 20.3. The summed E-state index contributed by atoms with van der Waals surface area (Å²) in [6.45, 7) is 4.48. The van der Waals surface area contributed by atoms with Crippen LogP contribution < -0.4 is 0 Å². The number of hydrogen-bond donors (Lipinski definition) is 1. The highest BCUT2D eigenvalue weighted by Crippen LogP contribution is 2.35. The summed E-state index contributed by atoms with van der Waals surface area (Å²) in [5.74, 6) is 0.0484. The topological polar surface area (TPSA) is 43.8 Å². The summed E-state index contributed by atoms with van der Waals surface area (Å²) >= 11 is 12.1. The third-order valence-corrected chi connectivity index (χ3v) is 6.66. The molecule has 1 aromatic carbocycles. The minimum Gasteiger partial charge on any atom is -0.392 e. The second-order valence-electron chi connectivity index (χ2n) is 8.14. The SMILES string of the molecule is CN(C(=O)Cc1ccc(Cl)c(Cl)c1)[C@H](CN1CCC(O)C1)C1(C)C=CC=CC1. The Kier molecular flexibility index (Phi) is 6.87. The third kappa shape index (κ3) is 4.98. The lowest BCUT2D eigenvalue weighted by Crippen LogP contribution is -2.53. The van der Waals surface area contributed by atoms with Gasteiger partial charge in [0.05, 0.1) is 28.6 Å². The Morgan fingerprint density at radius 1 is 1.36 bits per heavy atom. The van der Waals surface area contributed by atoms with E-state index < -0.39 is 0 Å². The molecule has 1 aromatic rings. The van der Waals surface area contributed by atoms with Crippen molar-refractivity contribution in [2.24, 2.45) is 5.41 Å². The van der Waals surface area contributed by atoms with Crippen LogP contribution in [0.15, 0.2) is 42.5 Å². The number of likely N-dealkylation sites (tertiary alicyclic amines) is 1. The number of carbonyl (C=O) groups excluding carboxylic acids is 1. The zero-order valence-corrected chi connectivity index (χ0v) is 18.0. The average Bonchev–Trinajstić information content (AvgIpc) is 3.07. The maximum Gasteiger partial charge on any atom is 0.227 e. The Balaban J connectivity index is 1.77. The molecule has 0 aromatic heterocycles. The normalized spacial score (nSPS) is 25.8. The van der Waals surface area contributed by atoms with Crippen LogP contribution in [-0.2, 0) is 11.2 Å². The fourth-order valence-corrected chi connectivity index (χ4v) is 4.43. The summed E-state index contributed by atoms with van der Waals surface area (Å²) < 4.78 is 0. The summed E-state index contributed by atoms with van der Waals surface area (Å²) in [4.78, 5) is 17.2. The summed E-state index contributed by atoms with van der Waals surface area (Å²) in [5.41, 5.74) is 0.704. The number of β-amino-alcohol motifs (C(OH)–C–C–N with tert-alkyl or cyclic N) is 1. The van der Waals surface area contributed by atoms with E-state index in [2.05, 4.69) is 36.1 Å². The molecule has 1 amide bonds. The monoisotopic (exact) mass is 422 g/mol. The molecule has 6 heteroatoms. The van der Waals surface area contributed by atoms with Gasteiger partial charge in [0.15, 0.2) is 0 Å². The minimum absolute atomic E-state index is 0.00859. The van der Waals surface area contributed by atoms with Gasteiger partial charge in [-0.15, -0.1) is 0 Å². The minimum atomic E-state index is -0.271. The highest BCUT2D eigenvalue weighted by molar-refractivity contribution is 6.42. The first-order valence-electron chi connectivity index (χ1n) is 9.73. The molecule has 0 radical (unpaired) electrons. The van der Waals surface area contributed by atoms with Crippen molar-refractivity contribution in [2.75, 3.05) is 26.7 Å². The van der Waals surface area contributed by atoms with Gasteiger partial charge in [-0.25, -0.2) is 0 Å². The van der Waals surface area contributed by atoms with Gasteiger partial charge in [-0.3, -0.25) is 9.69 Å². The van der Waals surface area contributed by atoms with Crippen LogP contribution in [0, 0.1) is 5.41 Å². The van der Waals surface area contributed by atoms with Gasteiger partial charge in [0.1, 0.15) is 0 Å². The second-order valence-corrected chi connectivity index (χ2v) is 8.96. The molecule has 1 aliphatic carbocycles. The van der Waals surface area contributed by atoms with E-state index in [4.69, 9.17) is 23.2 Å². The van der Waals surface area contributed by atoms with Crippen molar-refractivity contribution >= 4 is 29.1 Å². The van der Waals surface area contributed by atoms with Gasteiger partial charge in [0, 0.05) is 32.1 Å². The predicted molar refractivity (Wildman–Crippen MR) is 115 cm³/mol. The number of halogens is 2. The summed E-state index contributed by atoms with van der Waals surface area (Å²) in [6.07, 6.45) is 10.2. The Morgan fingerprint density at radius 3 is 2.75 bits per heavy atom. The number of rotatable bonds is 6. The Morgan fingerprint density at radius 2 is 2.14 bits per heavy atom.